The van der Waals surface area contributed by atoms with Crippen molar-refractivity contribution < 1.29 is 10.0 Å². The third kappa shape index (κ3) is 4.80. The number of nitrogens with one attached hydrogen (secondary N) is 1. The predicted octanol–water partition coefficient (Wildman–Crippen LogP) is 1.70. The second-order valence-electron chi connectivity index (χ2n) is 3.65. The maximum atomic E-state index is 10.6. The van der Waals surface area contributed by atoms with Gasteiger partial charge in [0.05, 0.1) is 4.92 Å². The zero-order valence-corrected chi connectivity index (χ0v) is 10.8. The second-order valence-corrected chi connectivity index (χ2v) is 4.87. The minimum absolute atomic E-state index is 0.0714. The molecular weight excluding hydrogens is 254 g/mol. The van der Waals surface area contributed by atoms with Crippen LogP contribution in [0, 0.1) is 10.1 Å². The lowest BCUT2D eigenvalue weighted by Crippen LogP contribution is -2.05. The Morgan fingerprint density at radius 2 is 2.22 bits per heavy atom. The molecule has 0 atom stereocenters. The number of hydrogen-bond donors (Lipinski definition) is 3. The highest BCUT2D eigenvalue weighted by molar-refractivity contribution is 7.99. The van der Waals surface area contributed by atoms with Gasteiger partial charge in [-0.15, -0.1) is 0 Å². The topological polar surface area (TPSA) is 101 Å². The van der Waals surface area contributed by atoms with Gasteiger partial charge >= 0.3 is 0 Å². The van der Waals surface area contributed by atoms with E-state index in [-0.39, 0.29) is 18.0 Å². The summed E-state index contributed by atoms with van der Waals surface area (Å²) in [5.41, 5.74) is 6.45. The number of nitrogen functional groups attached to an aromatic ring is 1. The van der Waals surface area contributed by atoms with Crippen LogP contribution in [0.3, 0.4) is 0 Å². The van der Waals surface area contributed by atoms with Crippen LogP contribution in [-0.2, 0) is 0 Å². The number of benzene rings is 1. The van der Waals surface area contributed by atoms with E-state index in [9.17, 15) is 10.1 Å². The first-order valence-corrected chi connectivity index (χ1v) is 6.77. The third-order valence-electron chi connectivity index (χ3n) is 2.25. The highest BCUT2D eigenvalue weighted by Gasteiger charge is 2.10. The molecule has 7 heteroatoms. The van der Waals surface area contributed by atoms with Crippen LogP contribution in [0.15, 0.2) is 18.2 Å². The summed E-state index contributed by atoms with van der Waals surface area (Å²) >= 11 is 1.75. The van der Waals surface area contributed by atoms with E-state index in [1.54, 1.807) is 23.9 Å². The molecule has 1 rings (SSSR count). The number of nitrogens with two attached hydrogens (primary N) is 1. The molecule has 0 amide bonds. The van der Waals surface area contributed by atoms with Crippen molar-refractivity contribution in [2.75, 3.05) is 35.7 Å². The maximum absolute atomic E-state index is 10.6. The fourth-order valence-electron chi connectivity index (χ4n) is 1.37. The van der Waals surface area contributed by atoms with Crippen molar-refractivity contribution in [1.82, 2.24) is 0 Å². The molecule has 1 aromatic rings. The summed E-state index contributed by atoms with van der Waals surface area (Å²) in [6, 6.07) is 4.61. The Hall–Kier alpha value is -1.47. The Kier molecular flexibility index (Phi) is 6.31. The zero-order valence-electron chi connectivity index (χ0n) is 9.96. The molecule has 0 spiro atoms. The van der Waals surface area contributed by atoms with Gasteiger partial charge in [-0.3, -0.25) is 10.1 Å². The molecule has 100 valence electrons. The van der Waals surface area contributed by atoms with E-state index in [0.717, 1.165) is 30.2 Å². The number of aliphatic hydroxyl groups is 1. The smallest absolute Gasteiger partial charge is 0.292 e. The van der Waals surface area contributed by atoms with Crippen molar-refractivity contribution in [2.45, 2.75) is 6.42 Å². The van der Waals surface area contributed by atoms with Crippen LogP contribution in [0.25, 0.3) is 0 Å². The fourth-order valence-corrected chi connectivity index (χ4v) is 2.15. The van der Waals surface area contributed by atoms with Crippen LogP contribution in [0.4, 0.5) is 17.1 Å². The van der Waals surface area contributed by atoms with Gasteiger partial charge in [0.2, 0.25) is 0 Å². The molecule has 18 heavy (non-hydrogen) atoms. The Morgan fingerprint density at radius 1 is 1.44 bits per heavy atom. The van der Waals surface area contributed by atoms with E-state index in [0.29, 0.717) is 0 Å². The summed E-state index contributed by atoms with van der Waals surface area (Å²) in [6.45, 7) is 0.979. The fraction of sp³-hybridized carbons (Fsp3) is 0.455. The average molecular weight is 271 g/mol. The van der Waals surface area contributed by atoms with Crippen molar-refractivity contribution in [3.63, 3.8) is 0 Å². The van der Waals surface area contributed by atoms with E-state index < -0.39 is 4.92 Å². The molecule has 0 saturated heterocycles. The average Bonchev–Trinajstić information content (AvgIpc) is 2.33. The number of nitro benzene ring substituents is 1. The summed E-state index contributed by atoms with van der Waals surface area (Å²) in [6.07, 6.45) is 0.801. The number of nitro groups is 1. The molecule has 0 aromatic heterocycles. The quantitative estimate of drug-likeness (QED) is 0.288. The van der Waals surface area contributed by atoms with Gasteiger partial charge in [0, 0.05) is 30.7 Å². The molecule has 0 unspecified atom stereocenters. The highest BCUT2D eigenvalue weighted by atomic mass is 32.2. The summed E-state index contributed by atoms with van der Waals surface area (Å²) in [5.74, 6) is 1.84. The minimum atomic E-state index is -0.496. The number of rotatable bonds is 8. The van der Waals surface area contributed by atoms with Gasteiger partial charge in [-0.05, 0) is 24.3 Å². The van der Waals surface area contributed by atoms with Crippen molar-refractivity contribution in [3.8, 4) is 0 Å². The van der Waals surface area contributed by atoms with E-state index in [1.165, 1.54) is 6.07 Å². The lowest BCUT2D eigenvalue weighted by molar-refractivity contribution is -0.383. The first-order valence-electron chi connectivity index (χ1n) is 5.61. The molecule has 0 aliphatic rings. The van der Waals surface area contributed by atoms with Crippen molar-refractivity contribution in [1.29, 1.82) is 0 Å². The zero-order chi connectivity index (χ0) is 13.4. The van der Waals surface area contributed by atoms with E-state index in [2.05, 4.69) is 5.32 Å². The molecule has 0 radical (unpaired) electrons. The normalized spacial score (nSPS) is 10.3. The van der Waals surface area contributed by atoms with Crippen LogP contribution >= 0.6 is 11.8 Å². The van der Waals surface area contributed by atoms with Gasteiger partial charge in [-0.1, -0.05) is 0 Å². The van der Waals surface area contributed by atoms with Crippen molar-refractivity contribution >= 4 is 28.8 Å². The molecule has 0 bridgehead atoms. The number of aliphatic hydroxyl groups excluding tert-OH is 1. The molecule has 0 aliphatic carbocycles. The van der Waals surface area contributed by atoms with Gasteiger partial charge in [-0.25, -0.2) is 0 Å². The molecule has 0 saturated carbocycles. The van der Waals surface area contributed by atoms with Crippen LogP contribution in [0.2, 0.25) is 0 Å². The first kappa shape index (κ1) is 14.6. The summed E-state index contributed by atoms with van der Waals surface area (Å²) in [5, 5.41) is 22.3. The maximum Gasteiger partial charge on any atom is 0.292 e. The van der Waals surface area contributed by atoms with Crippen LogP contribution in [0.5, 0.6) is 0 Å². The Morgan fingerprint density at radius 3 is 2.83 bits per heavy atom. The van der Waals surface area contributed by atoms with Crippen molar-refractivity contribution in [2.24, 2.45) is 0 Å². The van der Waals surface area contributed by atoms with E-state index in [4.69, 9.17) is 10.8 Å². The first-order chi connectivity index (χ1) is 8.65. The molecule has 4 N–H and O–H groups in total. The molecule has 6 nitrogen and oxygen atoms in total. The monoisotopic (exact) mass is 271 g/mol. The van der Waals surface area contributed by atoms with E-state index in [1.807, 2.05) is 0 Å². The Labute approximate surface area is 110 Å². The molecule has 0 heterocycles. The lowest BCUT2D eigenvalue weighted by Gasteiger charge is -2.07. The minimum Gasteiger partial charge on any atom is -0.396 e. The van der Waals surface area contributed by atoms with Gasteiger partial charge in [0.25, 0.3) is 5.69 Å². The van der Waals surface area contributed by atoms with Crippen LogP contribution in [-0.4, -0.2) is 34.7 Å². The third-order valence-corrected chi connectivity index (χ3v) is 3.32. The number of thioether (sulfide) groups is 1. The number of nitrogens with zero attached hydrogens (tertiary/aromatic N) is 1. The largest absolute Gasteiger partial charge is 0.396 e. The Balaban J connectivity index is 2.35. The molecule has 1 aromatic carbocycles. The van der Waals surface area contributed by atoms with Crippen molar-refractivity contribution in [3.05, 3.63) is 28.3 Å². The summed E-state index contributed by atoms with van der Waals surface area (Å²) < 4.78 is 0. The standard InChI is InChI=1S/C11H17N3O3S/c12-10-8-9(2-3-11(10)14(16)17)13-4-7-18-6-1-5-15/h2-3,8,13,15H,1,4-7,12H2. The molecule has 0 fully saturated rings. The van der Waals surface area contributed by atoms with E-state index >= 15 is 0 Å². The molecule has 0 aliphatic heterocycles. The highest BCUT2D eigenvalue weighted by Crippen LogP contribution is 2.24. The van der Waals surface area contributed by atoms with Gasteiger partial charge in [0.1, 0.15) is 5.69 Å². The molecular formula is C11H17N3O3S. The van der Waals surface area contributed by atoms with Gasteiger partial charge in [0.15, 0.2) is 0 Å². The lowest BCUT2D eigenvalue weighted by atomic mass is 10.2. The van der Waals surface area contributed by atoms with Crippen LogP contribution in [0.1, 0.15) is 6.42 Å². The van der Waals surface area contributed by atoms with Gasteiger partial charge < -0.3 is 16.2 Å². The Bertz CT molecular complexity index is 401. The number of hydrogen-bond acceptors (Lipinski definition) is 6. The summed E-state index contributed by atoms with van der Waals surface area (Å²) in [7, 11) is 0. The van der Waals surface area contributed by atoms with Gasteiger partial charge in [-0.2, -0.15) is 11.8 Å². The second kappa shape index (κ2) is 7.78. The summed E-state index contributed by atoms with van der Waals surface area (Å²) in [4.78, 5) is 10.1. The predicted molar refractivity (Wildman–Crippen MR) is 75.0 cm³/mol. The number of anilines is 2. The van der Waals surface area contributed by atoms with Crippen LogP contribution < -0.4 is 11.1 Å². The SMILES string of the molecule is Nc1cc(NCCSCCCO)ccc1[N+](=O)[O-].